The van der Waals surface area contributed by atoms with Crippen molar-refractivity contribution in [2.24, 2.45) is 7.05 Å². The maximum Gasteiger partial charge on any atom is 0.317 e. The molecule has 0 atom stereocenters. The molecule has 0 fully saturated rings. The first kappa shape index (κ1) is 11.4. The Morgan fingerprint density at radius 1 is 1.21 bits per heavy atom. The van der Waals surface area contributed by atoms with Gasteiger partial charge in [-0.15, -0.1) is 10.2 Å². The largest absolute Gasteiger partial charge is 0.467 e. The molecule has 19 heavy (non-hydrogen) atoms. The summed E-state index contributed by atoms with van der Waals surface area (Å²) in [5.74, 6) is 1.09. The standard InChI is InChI=1S/C12H11N5O2/c1-17-15-10(14-16-17)9-12(18-2)19-11(13-9)8-6-4-3-5-7-8/h3-7H,1-2H3. The summed E-state index contributed by atoms with van der Waals surface area (Å²) in [6.07, 6.45) is 0. The fourth-order valence-corrected chi connectivity index (χ4v) is 1.67. The molecule has 0 spiro atoms. The van der Waals surface area contributed by atoms with Crippen LogP contribution in [0.2, 0.25) is 0 Å². The molecule has 2 heterocycles. The van der Waals surface area contributed by atoms with Crippen molar-refractivity contribution in [2.75, 3.05) is 7.11 Å². The number of oxazole rings is 1. The molecule has 0 saturated carbocycles. The predicted molar refractivity (Wildman–Crippen MR) is 66.3 cm³/mol. The fraction of sp³-hybridized carbons (Fsp3) is 0.167. The highest BCUT2D eigenvalue weighted by molar-refractivity contribution is 5.62. The van der Waals surface area contributed by atoms with Gasteiger partial charge in [0.25, 0.3) is 0 Å². The van der Waals surface area contributed by atoms with Crippen LogP contribution in [0.5, 0.6) is 5.95 Å². The van der Waals surface area contributed by atoms with Gasteiger partial charge in [-0.1, -0.05) is 18.2 Å². The zero-order valence-corrected chi connectivity index (χ0v) is 10.4. The number of aromatic nitrogens is 5. The maximum atomic E-state index is 5.56. The minimum absolute atomic E-state index is 0.270. The van der Waals surface area contributed by atoms with Gasteiger partial charge in [-0.25, -0.2) is 4.98 Å². The Labute approximate surface area is 108 Å². The highest BCUT2D eigenvalue weighted by Gasteiger charge is 2.20. The molecule has 0 N–H and O–H groups in total. The molecule has 7 nitrogen and oxygen atoms in total. The van der Waals surface area contributed by atoms with Crippen molar-refractivity contribution in [3.8, 4) is 28.9 Å². The number of ether oxygens (including phenoxy) is 1. The Hall–Kier alpha value is -2.70. The summed E-state index contributed by atoms with van der Waals surface area (Å²) in [7, 11) is 3.19. The zero-order valence-electron chi connectivity index (χ0n) is 10.4. The van der Waals surface area contributed by atoms with Crippen LogP contribution in [0, 0.1) is 0 Å². The Balaban J connectivity index is 2.09. The molecule has 0 unspecified atom stereocenters. The van der Waals surface area contributed by atoms with Gasteiger partial charge in [0.1, 0.15) is 0 Å². The van der Waals surface area contributed by atoms with Gasteiger partial charge in [0.15, 0.2) is 5.69 Å². The van der Waals surface area contributed by atoms with E-state index in [-0.39, 0.29) is 5.95 Å². The summed E-state index contributed by atoms with van der Waals surface area (Å²) in [5.41, 5.74) is 1.30. The minimum Gasteiger partial charge on any atom is -0.467 e. The van der Waals surface area contributed by atoms with Crippen LogP contribution in [0.15, 0.2) is 34.7 Å². The highest BCUT2D eigenvalue weighted by Crippen LogP contribution is 2.32. The molecule has 0 bridgehead atoms. The van der Waals surface area contributed by atoms with Crippen LogP contribution >= 0.6 is 0 Å². The smallest absolute Gasteiger partial charge is 0.317 e. The average Bonchev–Trinajstić information content (AvgIpc) is 3.05. The van der Waals surface area contributed by atoms with E-state index in [2.05, 4.69) is 20.4 Å². The first-order valence-corrected chi connectivity index (χ1v) is 5.62. The molecule has 0 aliphatic heterocycles. The summed E-state index contributed by atoms with van der Waals surface area (Å²) in [6, 6.07) is 9.55. The van der Waals surface area contributed by atoms with E-state index in [0.29, 0.717) is 17.4 Å². The second-order valence-electron chi connectivity index (χ2n) is 3.83. The van der Waals surface area contributed by atoms with Crippen molar-refractivity contribution in [1.29, 1.82) is 0 Å². The zero-order chi connectivity index (χ0) is 13.2. The summed E-state index contributed by atoms with van der Waals surface area (Å²) >= 11 is 0. The number of hydrogen-bond donors (Lipinski definition) is 0. The molecule has 0 aliphatic rings. The number of rotatable bonds is 3. The third-order valence-corrected chi connectivity index (χ3v) is 2.52. The minimum atomic E-state index is 0.270. The first-order valence-electron chi connectivity index (χ1n) is 5.62. The van der Waals surface area contributed by atoms with Crippen molar-refractivity contribution in [3.05, 3.63) is 30.3 Å². The van der Waals surface area contributed by atoms with Gasteiger partial charge in [-0.3, -0.25) is 0 Å². The van der Waals surface area contributed by atoms with Crippen molar-refractivity contribution in [2.45, 2.75) is 0 Å². The van der Waals surface area contributed by atoms with E-state index in [0.717, 1.165) is 5.56 Å². The molecule has 0 aliphatic carbocycles. The van der Waals surface area contributed by atoms with Crippen LogP contribution in [0.4, 0.5) is 0 Å². The lowest BCUT2D eigenvalue weighted by molar-refractivity contribution is 0.310. The van der Waals surface area contributed by atoms with Crippen LogP contribution in [-0.4, -0.2) is 32.3 Å². The SMILES string of the molecule is COc1oc(-c2ccccc2)nc1-c1nnn(C)n1. The van der Waals surface area contributed by atoms with Crippen molar-refractivity contribution in [1.82, 2.24) is 25.2 Å². The number of tetrazole rings is 1. The molecule has 3 rings (SSSR count). The van der Waals surface area contributed by atoms with Crippen LogP contribution in [0.3, 0.4) is 0 Å². The maximum absolute atomic E-state index is 5.56. The van der Waals surface area contributed by atoms with Gasteiger partial charge >= 0.3 is 5.95 Å². The number of hydrogen-bond acceptors (Lipinski definition) is 6. The molecule has 1 aromatic carbocycles. The van der Waals surface area contributed by atoms with Gasteiger partial charge in [0.05, 0.1) is 14.2 Å². The first-order chi connectivity index (χ1) is 9.28. The molecule has 2 aromatic heterocycles. The Bertz CT molecular complexity index is 689. The van der Waals surface area contributed by atoms with Crippen molar-refractivity contribution >= 4 is 0 Å². The Morgan fingerprint density at radius 3 is 2.63 bits per heavy atom. The van der Waals surface area contributed by atoms with E-state index >= 15 is 0 Å². The second kappa shape index (κ2) is 4.52. The third-order valence-electron chi connectivity index (χ3n) is 2.52. The quantitative estimate of drug-likeness (QED) is 0.708. The van der Waals surface area contributed by atoms with Gasteiger partial charge < -0.3 is 9.15 Å². The van der Waals surface area contributed by atoms with Crippen LogP contribution in [-0.2, 0) is 7.05 Å². The Kier molecular flexibility index (Phi) is 2.71. The predicted octanol–water partition coefficient (Wildman–Crippen LogP) is 1.54. The molecular formula is C12H11N5O2. The van der Waals surface area contributed by atoms with Crippen molar-refractivity contribution in [3.63, 3.8) is 0 Å². The topological polar surface area (TPSA) is 78.9 Å². The van der Waals surface area contributed by atoms with Crippen LogP contribution in [0.1, 0.15) is 0 Å². The van der Waals surface area contributed by atoms with E-state index < -0.39 is 0 Å². The lowest BCUT2D eigenvalue weighted by Crippen LogP contribution is -1.92. The van der Waals surface area contributed by atoms with Crippen molar-refractivity contribution < 1.29 is 9.15 Å². The van der Waals surface area contributed by atoms with Gasteiger partial charge in [0, 0.05) is 5.56 Å². The lowest BCUT2D eigenvalue weighted by atomic mass is 10.2. The Morgan fingerprint density at radius 2 is 2.00 bits per heavy atom. The summed E-state index contributed by atoms with van der Waals surface area (Å²) in [5, 5.41) is 11.8. The van der Waals surface area contributed by atoms with Crippen LogP contribution in [0.25, 0.3) is 23.0 Å². The molecule has 0 saturated heterocycles. The molecular weight excluding hydrogens is 246 g/mol. The van der Waals surface area contributed by atoms with E-state index in [1.54, 1.807) is 7.05 Å². The number of methoxy groups -OCH3 is 1. The van der Waals surface area contributed by atoms with Crippen LogP contribution < -0.4 is 4.74 Å². The third kappa shape index (κ3) is 2.05. The normalized spacial score (nSPS) is 10.6. The molecule has 3 aromatic rings. The van der Waals surface area contributed by atoms with E-state index in [1.807, 2.05) is 30.3 Å². The highest BCUT2D eigenvalue weighted by atomic mass is 16.6. The monoisotopic (exact) mass is 257 g/mol. The lowest BCUT2D eigenvalue weighted by Gasteiger charge is -1.93. The fourth-order valence-electron chi connectivity index (χ4n) is 1.67. The van der Waals surface area contributed by atoms with Gasteiger partial charge in [0.2, 0.25) is 11.7 Å². The number of benzene rings is 1. The average molecular weight is 257 g/mol. The summed E-state index contributed by atoms with van der Waals surface area (Å²) in [4.78, 5) is 5.72. The summed E-state index contributed by atoms with van der Waals surface area (Å²) < 4.78 is 10.7. The molecule has 0 radical (unpaired) electrons. The summed E-state index contributed by atoms with van der Waals surface area (Å²) in [6.45, 7) is 0. The van der Waals surface area contributed by atoms with E-state index in [1.165, 1.54) is 11.9 Å². The molecule has 7 heteroatoms. The molecule has 0 amide bonds. The van der Waals surface area contributed by atoms with Gasteiger partial charge in [-0.2, -0.15) is 4.80 Å². The number of nitrogens with zero attached hydrogens (tertiary/aromatic N) is 5. The molecule has 96 valence electrons. The van der Waals surface area contributed by atoms with E-state index in [4.69, 9.17) is 9.15 Å². The van der Waals surface area contributed by atoms with Gasteiger partial charge in [-0.05, 0) is 17.3 Å². The second-order valence-corrected chi connectivity index (χ2v) is 3.83. The van der Waals surface area contributed by atoms with E-state index in [9.17, 15) is 0 Å². The number of aryl methyl sites for hydroxylation is 1.